The minimum absolute atomic E-state index is 0.0377. The number of aryl methyl sites for hydroxylation is 1. The van der Waals surface area contributed by atoms with Crippen LogP contribution in [0.4, 0.5) is 0 Å². The van der Waals surface area contributed by atoms with Crippen LogP contribution in [0.2, 0.25) is 10.0 Å². The smallest absolute Gasteiger partial charge is 0.328 e. The maximum Gasteiger partial charge on any atom is 0.328 e. The molecule has 0 radical (unpaired) electrons. The second-order valence-corrected chi connectivity index (χ2v) is 8.32. The fraction of sp³-hybridized carbons (Fsp3) is 0.167. The Hall–Kier alpha value is -4.02. The number of benzene rings is 1. The molecule has 4 N–H and O–H groups in total. The number of carbonyl (C=O) groups is 4. The summed E-state index contributed by atoms with van der Waals surface area (Å²) in [7, 11) is 0. The van der Waals surface area contributed by atoms with E-state index in [-0.39, 0.29) is 27.9 Å². The molecule has 3 amide bonds. The van der Waals surface area contributed by atoms with E-state index in [1.165, 1.54) is 36.8 Å². The van der Waals surface area contributed by atoms with E-state index < -0.39 is 36.3 Å². The molecule has 2 aromatic heterocycles. The number of hydrogen-bond donors (Lipinski definition) is 4. The maximum atomic E-state index is 12.7. The van der Waals surface area contributed by atoms with E-state index in [9.17, 15) is 24.3 Å². The Bertz CT molecular complexity index is 1280. The molecule has 0 unspecified atom stereocenters. The van der Waals surface area contributed by atoms with Gasteiger partial charge in [-0.1, -0.05) is 23.2 Å². The van der Waals surface area contributed by atoms with Gasteiger partial charge >= 0.3 is 5.97 Å². The predicted octanol–water partition coefficient (Wildman–Crippen LogP) is 3.43. The van der Waals surface area contributed by atoms with Crippen molar-refractivity contribution in [3.05, 3.63) is 87.2 Å². The molecule has 3 aromatic rings. The fourth-order valence-corrected chi connectivity index (χ4v) is 3.75. The Kier molecular flexibility index (Phi) is 8.93. The number of carboxylic acids is 1. The van der Waals surface area contributed by atoms with Gasteiger partial charge in [0.1, 0.15) is 11.8 Å². The minimum Gasteiger partial charge on any atom is -0.480 e. The Morgan fingerprint density at radius 1 is 1.03 bits per heavy atom. The number of hydrogen-bond acceptors (Lipinski definition) is 6. The van der Waals surface area contributed by atoms with Crippen molar-refractivity contribution in [2.75, 3.05) is 6.54 Å². The van der Waals surface area contributed by atoms with Crippen LogP contribution in [0.5, 0.6) is 0 Å². The highest BCUT2D eigenvalue weighted by molar-refractivity contribution is 6.39. The second-order valence-electron chi connectivity index (χ2n) is 7.51. The second kappa shape index (κ2) is 12.1. The van der Waals surface area contributed by atoms with Gasteiger partial charge in [0.2, 0.25) is 5.91 Å². The number of halogens is 2. The van der Waals surface area contributed by atoms with Crippen molar-refractivity contribution < 1.29 is 33.1 Å². The van der Waals surface area contributed by atoms with Crippen LogP contribution in [0.3, 0.4) is 0 Å². The van der Waals surface area contributed by atoms with Crippen LogP contribution < -0.4 is 16.0 Å². The first kappa shape index (κ1) is 26.6. The molecule has 10 nitrogen and oxygen atoms in total. The van der Waals surface area contributed by atoms with Crippen molar-refractivity contribution in [1.82, 2.24) is 16.0 Å². The van der Waals surface area contributed by atoms with Crippen LogP contribution in [0.15, 0.2) is 57.8 Å². The van der Waals surface area contributed by atoms with E-state index in [1.807, 2.05) is 0 Å². The van der Waals surface area contributed by atoms with Crippen LogP contribution in [-0.2, 0) is 16.1 Å². The van der Waals surface area contributed by atoms with Gasteiger partial charge in [0.05, 0.1) is 28.1 Å². The van der Waals surface area contributed by atoms with Crippen LogP contribution >= 0.6 is 23.2 Å². The molecule has 36 heavy (non-hydrogen) atoms. The zero-order chi connectivity index (χ0) is 26.2. The quantitative estimate of drug-likeness (QED) is 0.291. The van der Waals surface area contributed by atoms with Gasteiger partial charge in [0.25, 0.3) is 11.8 Å². The van der Waals surface area contributed by atoms with Gasteiger partial charge in [-0.15, -0.1) is 0 Å². The van der Waals surface area contributed by atoms with Crippen molar-refractivity contribution in [3.63, 3.8) is 0 Å². The van der Waals surface area contributed by atoms with Gasteiger partial charge in [0, 0.05) is 24.7 Å². The Balaban J connectivity index is 1.61. The molecule has 0 spiro atoms. The molecule has 1 atom stereocenters. The average molecular weight is 534 g/mol. The number of furan rings is 2. The molecule has 2 heterocycles. The summed E-state index contributed by atoms with van der Waals surface area (Å²) in [6, 6.07) is 6.35. The summed E-state index contributed by atoms with van der Waals surface area (Å²) in [4.78, 5) is 48.5. The van der Waals surface area contributed by atoms with E-state index >= 15 is 0 Å². The Morgan fingerprint density at radius 2 is 1.75 bits per heavy atom. The fourth-order valence-electron chi connectivity index (χ4n) is 3.05. The normalized spacial score (nSPS) is 11.8. The standard InChI is InChI=1S/C24H21Cl2N3O7/c1-13-6-8-36-21(13)23(32)28-12-18(24(33)34)29-22(31)20-16(25)9-14(10-17(20)26)11-27-19(30)5-4-15-3-2-7-35-15/h2-10,18H,11-12H2,1H3,(H,27,30)(H,28,32)(H,29,31)(H,33,34)/b5-4+/t18-/m0/s1. The van der Waals surface area contributed by atoms with Gasteiger partial charge in [-0.2, -0.15) is 0 Å². The summed E-state index contributed by atoms with van der Waals surface area (Å²) in [5.74, 6) is -2.69. The molecule has 12 heteroatoms. The van der Waals surface area contributed by atoms with Crippen molar-refractivity contribution in [3.8, 4) is 0 Å². The van der Waals surface area contributed by atoms with Crippen molar-refractivity contribution >= 4 is 53.0 Å². The summed E-state index contributed by atoms with van der Waals surface area (Å²) >= 11 is 12.5. The number of amides is 3. The third-order valence-electron chi connectivity index (χ3n) is 4.88. The Labute approximate surface area is 215 Å². The van der Waals surface area contributed by atoms with Gasteiger partial charge in [-0.25, -0.2) is 4.79 Å². The SMILES string of the molecule is Cc1ccoc1C(=O)NC[C@H](NC(=O)c1c(Cl)cc(CNC(=O)/C=C/c2ccco2)cc1Cl)C(=O)O. The van der Waals surface area contributed by atoms with Crippen molar-refractivity contribution in [2.45, 2.75) is 19.5 Å². The molecular weight excluding hydrogens is 513 g/mol. The monoisotopic (exact) mass is 533 g/mol. The highest BCUT2D eigenvalue weighted by atomic mass is 35.5. The molecule has 0 fully saturated rings. The lowest BCUT2D eigenvalue weighted by molar-refractivity contribution is -0.139. The average Bonchev–Trinajstić information content (AvgIpc) is 3.50. The molecule has 1 aromatic carbocycles. The highest BCUT2D eigenvalue weighted by Crippen LogP contribution is 2.27. The predicted molar refractivity (Wildman–Crippen MR) is 131 cm³/mol. The molecule has 0 aliphatic rings. The molecular formula is C24H21Cl2N3O7. The summed E-state index contributed by atoms with van der Waals surface area (Å²) in [5, 5.41) is 16.7. The number of carboxylic acid groups (broad SMARTS) is 1. The highest BCUT2D eigenvalue weighted by Gasteiger charge is 2.25. The van der Waals surface area contributed by atoms with Crippen LogP contribution in [0.25, 0.3) is 6.08 Å². The van der Waals surface area contributed by atoms with Crippen LogP contribution in [0, 0.1) is 6.92 Å². The van der Waals surface area contributed by atoms with E-state index in [2.05, 4.69) is 16.0 Å². The van der Waals surface area contributed by atoms with Crippen molar-refractivity contribution in [1.29, 1.82) is 0 Å². The lowest BCUT2D eigenvalue weighted by atomic mass is 10.1. The van der Waals surface area contributed by atoms with Crippen LogP contribution in [-0.4, -0.2) is 41.4 Å². The first-order valence-electron chi connectivity index (χ1n) is 10.5. The van der Waals surface area contributed by atoms with E-state index in [0.29, 0.717) is 16.9 Å². The molecule has 3 rings (SSSR count). The largest absolute Gasteiger partial charge is 0.480 e. The number of carbonyl (C=O) groups excluding carboxylic acids is 3. The molecule has 0 aliphatic heterocycles. The maximum absolute atomic E-state index is 12.7. The summed E-state index contributed by atoms with van der Waals surface area (Å²) in [5.41, 5.74) is 0.939. The van der Waals surface area contributed by atoms with Crippen molar-refractivity contribution in [2.24, 2.45) is 0 Å². The lowest BCUT2D eigenvalue weighted by Crippen LogP contribution is -2.48. The van der Waals surface area contributed by atoms with Gasteiger partial charge < -0.3 is 29.9 Å². The van der Waals surface area contributed by atoms with Gasteiger partial charge in [0.15, 0.2) is 5.76 Å². The van der Waals surface area contributed by atoms with Gasteiger partial charge in [-0.3, -0.25) is 14.4 Å². The van der Waals surface area contributed by atoms with E-state index in [0.717, 1.165) is 0 Å². The van der Waals surface area contributed by atoms with Crippen LogP contribution in [0.1, 0.15) is 37.8 Å². The first-order chi connectivity index (χ1) is 17.2. The lowest BCUT2D eigenvalue weighted by Gasteiger charge is -2.17. The summed E-state index contributed by atoms with van der Waals surface area (Å²) < 4.78 is 10.2. The molecule has 188 valence electrons. The molecule has 0 bridgehead atoms. The third kappa shape index (κ3) is 7.00. The van der Waals surface area contributed by atoms with E-state index in [4.69, 9.17) is 32.0 Å². The van der Waals surface area contributed by atoms with E-state index in [1.54, 1.807) is 25.1 Å². The summed E-state index contributed by atoms with van der Waals surface area (Å²) in [6.45, 7) is 1.31. The number of nitrogens with one attached hydrogen (secondary N) is 3. The Morgan fingerprint density at radius 3 is 2.33 bits per heavy atom. The molecule has 0 saturated heterocycles. The summed E-state index contributed by atoms with van der Waals surface area (Å²) in [6.07, 6.45) is 5.61. The van der Waals surface area contributed by atoms with Gasteiger partial charge in [-0.05, 0) is 48.9 Å². The molecule has 0 saturated carbocycles. The number of rotatable bonds is 10. The first-order valence-corrected chi connectivity index (χ1v) is 11.2. The topological polar surface area (TPSA) is 151 Å². The zero-order valence-corrected chi connectivity index (χ0v) is 20.4. The minimum atomic E-state index is -1.47. The molecule has 0 aliphatic carbocycles. The zero-order valence-electron chi connectivity index (χ0n) is 18.8. The third-order valence-corrected chi connectivity index (χ3v) is 5.47. The number of aliphatic carboxylic acids is 1.